The Kier molecular flexibility index (Phi) is 9.27. The molecule has 7 rings (SSSR count). The number of rotatable bonds is 8. The molecule has 3 aromatic rings. The van der Waals surface area contributed by atoms with Gasteiger partial charge in [0.2, 0.25) is 0 Å². The lowest BCUT2D eigenvalue weighted by atomic mass is 10.1. The van der Waals surface area contributed by atoms with E-state index in [-0.39, 0.29) is 37.2 Å². The largest absolute Gasteiger partial charge is 0.493 e. The molecule has 1 saturated carbocycles. The summed E-state index contributed by atoms with van der Waals surface area (Å²) >= 11 is 6.41. The van der Waals surface area contributed by atoms with Crippen LogP contribution in [0.4, 0.5) is 0 Å². The number of primary amides is 1. The van der Waals surface area contributed by atoms with E-state index in [2.05, 4.69) is 15.5 Å². The van der Waals surface area contributed by atoms with Crippen molar-refractivity contribution >= 4 is 29.3 Å². The van der Waals surface area contributed by atoms with Crippen molar-refractivity contribution < 1.29 is 33.3 Å². The first-order chi connectivity index (χ1) is 21.8. The highest BCUT2D eigenvalue weighted by Gasteiger charge is 2.36. The van der Waals surface area contributed by atoms with Crippen LogP contribution < -0.4 is 35.3 Å². The summed E-state index contributed by atoms with van der Waals surface area (Å²) in [5.74, 6) is 1.27. The molecule has 4 bridgehead atoms. The topological polar surface area (TPSA) is 141 Å². The van der Waals surface area contributed by atoms with Gasteiger partial charge in [-0.05, 0) is 66.3 Å². The first kappa shape index (κ1) is 30.5. The van der Waals surface area contributed by atoms with Crippen LogP contribution in [-0.4, -0.2) is 67.7 Å². The number of nitrogens with one attached hydrogen (secondary N) is 2. The van der Waals surface area contributed by atoms with E-state index in [9.17, 15) is 14.4 Å². The minimum Gasteiger partial charge on any atom is -0.493 e. The van der Waals surface area contributed by atoms with Crippen molar-refractivity contribution in [1.29, 1.82) is 0 Å². The highest BCUT2D eigenvalue weighted by molar-refractivity contribution is 6.32. The van der Waals surface area contributed by atoms with Crippen molar-refractivity contribution in [3.63, 3.8) is 0 Å². The van der Waals surface area contributed by atoms with Crippen LogP contribution in [0.5, 0.6) is 23.0 Å². The number of carbonyl (C=O) groups is 3. The van der Waals surface area contributed by atoms with Crippen molar-refractivity contribution in [2.24, 2.45) is 11.7 Å². The molecule has 45 heavy (non-hydrogen) atoms. The Morgan fingerprint density at radius 1 is 1.00 bits per heavy atom. The standard InChI is InChI=1S/C33H35ClN4O7/c34-27-9-22(5-8-29(27)44-18-31(35)39)14-38-15-28-30(16-38)45-24-6-3-20(4-7-24)13-36-32(40)19-43-26-11-23(33(41)37-28)10-25(12-26)42-17-21-1-2-21/h3-12,21,28,30H,1-2,13-19H2,(H2,35,39)(H,36,40)(H,37,41)/t28-,30-/m0/s1. The summed E-state index contributed by atoms with van der Waals surface area (Å²) in [5, 5.41) is 6.39. The normalized spacial score (nSPS) is 20.2. The fourth-order valence-corrected chi connectivity index (χ4v) is 5.54. The number of halogens is 1. The van der Waals surface area contributed by atoms with Crippen LogP contribution in [0.15, 0.2) is 60.7 Å². The van der Waals surface area contributed by atoms with Gasteiger partial charge in [-0.2, -0.15) is 0 Å². The molecule has 3 aliphatic heterocycles. The number of nitrogens with two attached hydrogens (primary N) is 1. The zero-order valence-corrected chi connectivity index (χ0v) is 25.4. The van der Waals surface area contributed by atoms with Crippen LogP contribution in [0.3, 0.4) is 0 Å². The number of likely N-dealkylation sites (tertiary alicyclic amines) is 1. The van der Waals surface area contributed by atoms with Gasteiger partial charge in [0.15, 0.2) is 13.2 Å². The maximum absolute atomic E-state index is 13.7. The fourth-order valence-electron chi connectivity index (χ4n) is 5.29. The van der Waals surface area contributed by atoms with E-state index in [4.69, 9.17) is 36.3 Å². The maximum Gasteiger partial charge on any atom is 0.258 e. The monoisotopic (exact) mass is 634 g/mol. The average molecular weight is 635 g/mol. The lowest BCUT2D eigenvalue weighted by Gasteiger charge is -2.22. The molecular weight excluding hydrogens is 600 g/mol. The Hall–Kier alpha value is -4.48. The van der Waals surface area contributed by atoms with Crippen LogP contribution in [0, 0.1) is 5.92 Å². The number of nitrogens with zero attached hydrogens (tertiary/aromatic N) is 1. The van der Waals surface area contributed by atoms with Crippen molar-refractivity contribution in [2.45, 2.75) is 38.1 Å². The van der Waals surface area contributed by atoms with Gasteiger partial charge in [-0.15, -0.1) is 0 Å². The smallest absolute Gasteiger partial charge is 0.258 e. The zero-order valence-electron chi connectivity index (χ0n) is 24.6. The molecule has 0 spiro atoms. The Morgan fingerprint density at radius 2 is 1.82 bits per heavy atom. The van der Waals surface area contributed by atoms with Crippen LogP contribution in [0.25, 0.3) is 0 Å². The molecule has 4 N–H and O–H groups in total. The van der Waals surface area contributed by atoms with Gasteiger partial charge in [-0.25, -0.2) is 0 Å². The minimum atomic E-state index is -0.586. The first-order valence-corrected chi connectivity index (χ1v) is 15.3. The van der Waals surface area contributed by atoms with E-state index < -0.39 is 5.91 Å². The minimum absolute atomic E-state index is 0.198. The van der Waals surface area contributed by atoms with Gasteiger partial charge >= 0.3 is 0 Å². The summed E-state index contributed by atoms with van der Waals surface area (Å²) in [5.41, 5.74) is 7.38. The van der Waals surface area contributed by atoms with Gasteiger partial charge < -0.3 is 35.3 Å². The van der Waals surface area contributed by atoms with Crippen LogP contribution >= 0.6 is 11.6 Å². The average Bonchev–Trinajstić information content (AvgIpc) is 3.78. The van der Waals surface area contributed by atoms with Crippen molar-refractivity contribution in [1.82, 2.24) is 15.5 Å². The third-order valence-corrected chi connectivity index (χ3v) is 8.12. The van der Waals surface area contributed by atoms with E-state index in [1.165, 1.54) is 0 Å². The van der Waals surface area contributed by atoms with E-state index in [1.807, 2.05) is 30.3 Å². The Morgan fingerprint density at radius 3 is 2.58 bits per heavy atom. The van der Waals surface area contributed by atoms with Gasteiger partial charge in [0.05, 0.1) is 17.7 Å². The number of benzene rings is 3. The molecule has 0 radical (unpaired) electrons. The van der Waals surface area contributed by atoms with E-state index in [1.54, 1.807) is 30.3 Å². The molecule has 236 valence electrons. The van der Waals surface area contributed by atoms with E-state index >= 15 is 0 Å². The molecule has 11 nitrogen and oxygen atoms in total. The molecule has 12 heteroatoms. The predicted molar refractivity (Wildman–Crippen MR) is 166 cm³/mol. The van der Waals surface area contributed by atoms with Crippen molar-refractivity contribution in [2.75, 3.05) is 32.9 Å². The molecule has 2 fully saturated rings. The summed E-state index contributed by atoms with van der Waals surface area (Å²) in [4.78, 5) is 39.4. The van der Waals surface area contributed by atoms with Gasteiger partial charge in [0.1, 0.15) is 29.1 Å². The number of carbonyl (C=O) groups excluding carboxylic acids is 3. The van der Waals surface area contributed by atoms with E-state index in [0.29, 0.717) is 72.3 Å². The summed E-state index contributed by atoms with van der Waals surface area (Å²) < 4.78 is 23.6. The second-order valence-electron chi connectivity index (χ2n) is 11.6. The highest BCUT2D eigenvalue weighted by Crippen LogP contribution is 2.31. The second kappa shape index (κ2) is 13.7. The highest BCUT2D eigenvalue weighted by atomic mass is 35.5. The van der Waals surface area contributed by atoms with Crippen LogP contribution in [0.1, 0.15) is 34.3 Å². The lowest BCUT2D eigenvalue weighted by molar-refractivity contribution is -0.123. The lowest BCUT2D eigenvalue weighted by Crippen LogP contribution is -2.45. The predicted octanol–water partition coefficient (Wildman–Crippen LogP) is 3.06. The second-order valence-corrected chi connectivity index (χ2v) is 12.0. The van der Waals surface area contributed by atoms with Crippen LogP contribution in [0.2, 0.25) is 5.02 Å². The molecule has 4 aliphatic rings. The van der Waals surface area contributed by atoms with Gasteiger partial charge in [-0.1, -0.05) is 29.8 Å². The summed E-state index contributed by atoms with van der Waals surface area (Å²) in [6.45, 7) is 2.06. The zero-order chi connectivity index (χ0) is 31.3. The fraction of sp³-hybridized carbons (Fsp3) is 0.364. The molecule has 1 aliphatic carbocycles. The number of hydrogen-bond acceptors (Lipinski definition) is 8. The molecule has 3 heterocycles. The van der Waals surface area contributed by atoms with Gasteiger partial charge in [0, 0.05) is 37.8 Å². The van der Waals surface area contributed by atoms with Crippen LogP contribution in [-0.2, 0) is 22.7 Å². The van der Waals surface area contributed by atoms with Gasteiger partial charge in [0.25, 0.3) is 17.7 Å². The summed E-state index contributed by atoms with van der Waals surface area (Å²) in [7, 11) is 0. The maximum atomic E-state index is 13.7. The summed E-state index contributed by atoms with van der Waals surface area (Å²) in [6.07, 6.45) is 1.91. The number of fused-ring (bicyclic) bond motifs is 7. The molecule has 3 aromatic carbocycles. The number of hydrogen-bond donors (Lipinski definition) is 3. The van der Waals surface area contributed by atoms with E-state index in [0.717, 1.165) is 24.0 Å². The molecule has 0 unspecified atom stereocenters. The summed E-state index contributed by atoms with van der Waals surface area (Å²) in [6, 6.07) is 17.6. The molecule has 2 atom stereocenters. The first-order valence-electron chi connectivity index (χ1n) is 14.9. The van der Waals surface area contributed by atoms with Crippen molar-refractivity contribution in [3.05, 3.63) is 82.4 Å². The number of amides is 3. The quantitative estimate of drug-likeness (QED) is 0.343. The third kappa shape index (κ3) is 8.37. The molecule has 3 amide bonds. The van der Waals surface area contributed by atoms with Gasteiger partial charge in [-0.3, -0.25) is 19.3 Å². The third-order valence-electron chi connectivity index (χ3n) is 7.83. The Balaban J connectivity index is 1.22. The molecule has 0 aromatic heterocycles. The van der Waals surface area contributed by atoms with Crippen molar-refractivity contribution in [3.8, 4) is 23.0 Å². The molecule has 1 saturated heterocycles. The Labute approximate surface area is 265 Å². The SMILES string of the molecule is NC(=O)COc1ccc(CN2C[C@@H]3NC(=O)c4cc(cc(OCC5CC5)c4)OCC(=O)NCc4ccc(cc4)O[C@H]3C2)cc1Cl. The number of ether oxygens (including phenoxy) is 4. The Bertz CT molecular complexity index is 1560. The molecular formula is C33H35ClN4O7.